The van der Waals surface area contributed by atoms with Gasteiger partial charge in [-0.15, -0.1) is 0 Å². The van der Waals surface area contributed by atoms with Crippen molar-refractivity contribution in [1.82, 2.24) is 20.5 Å². The van der Waals surface area contributed by atoms with E-state index >= 15 is 0 Å². The van der Waals surface area contributed by atoms with Crippen molar-refractivity contribution < 1.29 is 24.0 Å². The van der Waals surface area contributed by atoms with Crippen molar-refractivity contribution in [2.75, 3.05) is 42.9 Å². The number of hydrogen-bond acceptors (Lipinski definition) is 8. The van der Waals surface area contributed by atoms with Gasteiger partial charge < -0.3 is 20.4 Å². The Morgan fingerprint density at radius 2 is 1.87 bits per heavy atom. The van der Waals surface area contributed by atoms with Gasteiger partial charge in [-0.3, -0.25) is 29.3 Å². The van der Waals surface area contributed by atoms with Crippen LogP contribution in [0.3, 0.4) is 0 Å². The number of nitrogens with one attached hydrogen (secondary N) is 3. The smallest absolute Gasteiger partial charge is 0.252 e. The maximum Gasteiger partial charge on any atom is 0.252 e. The van der Waals surface area contributed by atoms with Gasteiger partial charge in [0.15, 0.2) is 6.29 Å². The summed E-state index contributed by atoms with van der Waals surface area (Å²) >= 11 is 0. The summed E-state index contributed by atoms with van der Waals surface area (Å²) in [6, 6.07) is 9.89. The van der Waals surface area contributed by atoms with Crippen LogP contribution in [0, 0.1) is 0 Å². The highest BCUT2D eigenvalue weighted by Crippen LogP contribution is 2.17. The molecule has 0 radical (unpaired) electrons. The Balaban J connectivity index is 1.14. The summed E-state index contributed by atoms with van der Waals surface area (Å²) in [7, 11) is 0. The van der Waals surface area contributed by atoms with Crippen LogP contribution in [0.25, 0.3) is 0 Å². The van der Waals surface area contributed by atoms with Crippen molar-refractivity contribution in [3.8, 4) is 0 Å². The maximum absolute atomic E-state index is 12.6. The second-order valence-electron chi connectivity index (χ2n) is 9.69. The molecule has 0 saturated carbocycles. The molecule has 2 aliphatic rings. The second kappa shape index (κ2) is 13.5. The molecule has 11 heteroatoms. The molecule has 2 saturated heterocycles. The molecule has 1 atom stereocenters. The minimum atomic E-state index is -0.810. The number of aromatic nitrogens is 1. The van der Waals surface area contributed by atoms with Crippen LogP contribution in [0.15, 0.2) is 42.6 Å². The van der Waals surface area contributed by atoms with E-state index in [2.05, 4.69) is 25.8 Å². The average molecular weight is 535 g/mol. The van der Waals surface area contributed by atoms with Gasteiger partial charge in [0.1, 0.15) is 11.9 Å². The first-order valence-corrected chi connectivity index (χ1v) is 13.4. The van der Waals surface area contributed by atoms with E-state index in [1.807, 2.05) is 23.1 Å². The van der Waals surface area contributed by atoms with Gasteiger partial charge in [0, 0.05) is 68.6 Å². The molecule has 11 nitrogen and oxygen atoms in total. The molecule has 2 aliphatic heterocycles. The molecule has 4 amide bonds. The molecule has 2 fully saturated rings. The number of carbonyl (C=O) groups excluding carboxylic acids is 5. The van der Waals surface area contributed by atoms with Gasteiger partial charge in [0.05, 0.1) is 0 Å². The quantitative estimate of drug-likeness (QED) is 0.225. The lowest BCUT2D eigenvalue weighted by atomic mass is 10.0. The summed E-state index contributed by atoms with van der Waals surface area (Å²) < 4.78 is 0. The lowest BCUT2D eigenvalue weighted by molar-refractivity contribution is -0.134. The van der Waals surface area contributed by atoms with E-state index in [1.165, 1.54) is 0 Å². The third-order valence-corrected chi connectivity index (χ3v) is 6.97. The van der Waals surface area contributed by atoms with Crippen molar-refractivity contribution in [3.05, 3.63) is 53.7 Å². The molecule has 0 aliphatic carbocycles. The lowest BCUT2D eigenvalue weighted by Gasteiger charge is -2.35. The zero-order chi connectivity index (χ0) is 27.6. The van der Waals surface area contributed by atoms with Gasteiger partial charge >= 0.3 is 0 Å². The fourth-order valence-electron chi connectivity index (χ4n) is 4.74. The van der Waals surface area contributed by atoms with Crippen molar-refractivity contribution in [2.24, 2.45) is 0 Å². The van der Waals surface area contributed by atoms with E-state index in [0.29, 0.717) is 38.0 Å². The summed E-state index contributed by atoms with van der Waals surface area (Å²) in [5.74, 6) is -0.319. The highest BCUT2D eigenvalue weighted by molar-refractivity contribution is 6.06. The Morgan fingerprint density at radius 1 is 1.05 bits per heavy atom. The van der Waals surface area contributed by atoms with Gasteiger partial charge in [0.2, 0.25) is 17.7 Å². The molecule has 4 rings (SSSR count). The number of unbranched alkanes of at least 4 members (excludes halogenated alkanes) is 2. The summed E-state index contributed by atoms with van der Waals surface area (Å²) in [6.07, 6.45) is 5.83. The summed E-state index contributed by atoms with van der Waals surface area (Å²) in [4.78, 5) is 68.5. The molecule has 2 aromatic rings. The Morgan fingerprint density at radius 3 is 2.59 bits per heavy atom. The molecule has 0 bridgehead atoms. The van der Waals surface area contributed by atoms with Crippen LogP contribution in [0.5, 0.6) is 0 Å². The number of amides is 4. The van der Waals surface area contributed by atoms with E-state index < -0.39 is 17.9 Å². The minimum Gasteiger partial charge on any atom is -0.385 e. The van der Waals surface area contributed by atoms with Gasteiger partial charge in [0.25, 0.3) is 5.91 Å². The van der Waals surface area contributed by atoms with Crippen molar-refractivity contribution in [2.45, 2.75) is 44.6 Å². The first-order chi connectivity index (χ1) is 18.9. The van der Waals surface area contributed by atoms with Crippen LogP contribution < -0.4 is 20.9 Å². The number of aldehydes is 1. The number of pyridine rings is 1. The molecule has 1 unspecified atom stereocenters. The predicted molar refractivity (Wildman–Crippen MR) is 145 cm³/mol. The van der Waals surface area contributed by atoms with Crippen LogP contribution >= 0.6 is 0 Å². The van der Waals surface area contributed by atoms with E-state index in [0.717, 1.165) is 38.2 Å². The molecular weight excluding hydrogens is 500 g/mol. The number of nitrogens with zero attached hydrogens (tertiary/aromatic N) is 3. The highest BCUT2D eigenvalue weighted by Gasteiger charge is 2.28. The topological polar surface area (TPSA) is 141 Å². The second-order valence-corrected chi connectivity index (χ2v) is 9.69. The van der Waals surface area contributed by atoms with Gasteiger partial charge in [-0.05, 0) is 49.6 Å². The third kappa shape index (κ3) is 7.62. The molecule has 1 aromatic heterocycles. The van der Waals surface area contributed by atoms with Crippen LogP contribution in [-0.2, 0) is 14.4 Å². The van der Waals surface area contributed by atoms with Crippen molar-refractivity contribution in [1.29, 1.82) is 0 Å². The number of piperazine rings is 1. The number of carbonyl (C=O) groups is 5. The van der Waals surface area contributed by atoms with E-state index in [4.69, 9.17) is 0 Å². The van der Waals surface area contributed by atoms with E-state index in [-0.39, 0.29) is 35.8 Å². The highest BCUT2D eigenvalue weighted by atomic mass is 16.2. The molecule has 1 aromatic carbocycles. The van der Waals surface area contributed by atoms with Crippen molar-refractivity contribution in [3.63, 3.8) is 0 Å². The Hall–Kier alpha value is -4.28. The number of hydrogen-bond donors (Lipinski definition) is 3. The first-order valence-electron chi connectivity index (χ1n) is 13.4. The Kier molecular flexibility index (Phi) is 9.60. The van der Waals surface area contributed by atoms with Crippen LogP contribution in [0.2, 0.25) is 0 Å². The molecule has 206 valence electrons. The SMILES string of the molecule is O=Cc1cc(NCCCCCC(=O)N2CCN(c3ccccn3)CC2)ccc1C(=O)NC1CCC(=O)NC1=O. The number of benzene rings is 1. The van der Waals surface area contributed by atoms with E-state index in [1.54, 1.807) is 24.4 Å². The zero-order valence-electron chi connectivity index (χ0n) is 21.9. The number of imide groups is 1. The normalized spacial score (nSPS) is 17.4. The minimum absolute atomic E-state index is 0.151. The maximum atomic E-state index is 12.6. The predicted octanol–water partition coefficient (Wildman–Crippen LogP) is 1.75. The number of anilines is 2. The average Bonchev–Trinajstić information content (AvgIpc) is 2.96. The molecule has 0 spiro atoms. The fraction of sp³-hybridized carbons (Fsp3) is 0.429. The van der Waals surface area contributed by atoms with Gasteiger partial charge in [-0.25, -0.2) is 4.98 Å². The monoisotopic (exact) mass is 534 g/mol. The molecule has 3 heterocycles. The van der Waals surface area contributed by atoms with Gasteiger partial charge in [-0.1, -0.05) is 12.5 Å². The zero-order valence-corrected chi connectivity index (χ0v) is 21.9. The molecule has 3 N–H and O–H groups in total. The largest absolute Gasteiger partial charge is 0.385 e. The lowest BCUT2D eigenvalue weighted by Crippen LogP contribution is -2.52. The number of rotatable bonds is 11. The summed E-state index contributed by atoms with van der Waals surface area (Å²) in [5.41, 5.74) is 1.08. The Bertz CT molecular complexity index is 1200. The van der Waals surface area contributed by atoms with Crippen molar-refractivity contribution >= 4 is 41.4 Å². The fourth-order valence-corrected chi connectivity index (χ4v) is 4.74. The Labute approximate surface area is 227 Å². The summed E-state index contributed by atoms with van der Waals surface area (Å²) in [5, 5.41) is 8.04. The van der Waals surface area contributed by atoms with E-state index in [9.17, 15) is 24.0 Å². The van der Waals surface area contributed by atoms with Crippen LogP contribution in [-0.4, -0.2) is 78.6 Å². The number of piperidine rings is 1. The molecular formula is C28H34N6O5. The van der Waals surface area contributed by atoms with Crippen LogP contribution in [0.4, 0.5) is 11.5 Å². The summed E-state index contributed by atoms with van der Waals surface area (Å²) in [6.45, 7) is 3.64. The third-order valence-electron chi connectivity index (χ3n) is 6.97. The molecule has 39 heavy (non-hydrogen) atoms. The van der Waals surface area contributed by atoms with Gasteiger partial charge in [-0.2, -0.15) is 0 Å². The first kappa shape index (κ1) is 27.7. The van der Waals surface area contributed by atoms with Crippen LogP contribution in [0.1, 0.15) is 59.2 Å². The standard InChI is InChI=1S/C28H34N6O5/c35-19-20-18-21(8-9-22(20)27(38)31-23-10-11-25(36)32-28(23)39)29-12-4-1-2-7-26(37)34-16-14-33(15-17-34)24-6-3-5-13-30-24/h3,5-6,8-9,13,18-19,23,29H,1-2,4,7,10-12,14-17H2,(H,31,38)(H,32,36,39).